The van der Waals surface area contributed by atoms with E-state index in [0.29, 0.717) is 18.8 Å². The summed E-state index contributed by atoms with van der Waals surface area (Å²) in [5.41, 5.74) is 0.0626. The zero-order valence-corrected chi connectivity index (χ0v) is 11.5. The Balaban J connectivity index is 1.94. The molecule has 0 radical (unpaired) electrons. The maximum atomic E-state index is 13.3. The number of nitrogens with zero attached hydrogens (tertiary/aromatic N) is 3. The van der Waals surface area contributed by atoms with Crippen molar-refractivity contribution >= 4 is 11.2 Å². The van der Waals surface area contributed by atoms with Crippen LogP contribution in [0.1, 0.15) is 18.7 Å². The molecule has 4 rings (SSSR count). The molecule has 0 unspecified atom stereocenters. The van der Waals surface area contributed by atoms with Gasteiger partial charge in [-0.1, -0.05) is 0 Å². The summed E-state index contributed by atoms with van der Waals surface area (Å²) < 4.78 is 33.6. The second-order valence-electron chi connectivity index (χ2n) is 5.27. The van der Waals surface area contributed by atoms with Gasteiger partial charge in [0.25, 0.3) is 11.3 Å². The number of fused-ring (bicyclic) bond motifs is 2. The van der Waals surface area contributed by atoms with E-state index in [0.717, 1.165) is 31.0 Å². The van der Waals surface area contributed by atoms with Crippen LogP contribution in [0.5, 0.6) is 0 Å². The zero-order valence-electron chi connectivity index (χ0n) is 11.5. The molecule has 0 bridgehead atoms. The van der Waals surface area contributed by atoms with Crippen LogP contribution in [0.4, 0.5) is 8.78 Å². The number of benzene rings is 1. The average molecular weight is 303 g/mol. The molecule has 0 saturated heterocycles. The number of hydrogen-bond donors (Lipinski definition) is 0. The van der Waals surface area contributed by atoms with Crippen LogP contribution in [0.3, 0.4) is 0 Å². The third-order valence-corrected chi connectivity index (χ3v) is 3.74. The third kappa shape index (κ3) is 2.01. The van der Waals surface area contributed by atoms with Crippen molar-refractivity contribution in [3.05, 3.63) is 46.0 Å². The lowest BCUT2D eigenvalue weighted by Crippen LogP contribution is -2.28. The van der Waals surface area contributed by atoms with E-state index in [-0.39, 0.29) is 28.2 Å². The Kier molecular flexibility index (Phi) is 2.82. The molecule has 1 aliphatic heterocycles. The van der Waals surface area contributed by atoms with Gasteiger partial charge in [-0.15, -0.1) is 0 Å². The topological polar surface area (TPSA) is 60.9 Å². The standard InChI is InChI=1S/C15H11F2N3O2/c16-9-5-8(6-10(17)7-9)13-19-12-14(22-13)18-11-3-1-2-4-20(11)15(12)21/h5-7H,1-4H2. The highest BCUT2D eigenvalue weighted by atomic mass is 19.1. The van der Waals surface area contributed by atoms with Crippen molar-refractivity contribution in [2.75, 3.05) is 0 Å². The predicted molar refractivity (Wildman–Crippen MR) is 74.4 cm³/mol. The summed E-state index contributed by atoms with van der Waals surface area (Å²) in [6.45, 7) is 0.605. The Morgan fingerprint density at radius 1 is 1.09 bits per heavy atom. The van der Waals surface area contributed by atoms with E-state index in [2.05, 4.69) is 9.97 Å². The maximum Gasteiger partial charge on any atom is 0.283 e. The number of aromatic nitrogens is 3. The molecule has 2 aromatic heterocycles. The van der Waals surface area contributed by atoms with Crippen LogP contribution >= 0.6 is 0 Å². The van der Waals surface area contributed by atoms with Crippen molar-refractivity contribution in [2.45, 2.75) is 25.8 Å². The van der Waals surface area contributed by atoms with E-state index in [9.17, 15) is 13.6 Å². The van der Waals surface area contributed by atoms with Crippen LogP contribution in [-0.2, 0) is 13.0 Å². The number of halogens is 2. The van der Waals surface area contributed by atoms with Crippen LogP contribution < -0.4 is 5.56 Å². The molecule has 5 nitrogen and oxygen atoms in total. The number of oxazole rings is 1. The van der Waals surface area contributed by atoms with Crippen molar-refractivity contribution in [1.29, 1.82) is 0 Å². The normalized spacial score (nSPS) is 14.3. The Bertz CT molecular complexity index is 926. The highest BCUT2D eigenvalue weighted by Crippen LogP contribution is 2.24. The van der Waals surface area contributed by atoms with Crippen molar-refractivity contribution in [3.8, 4) is 11.5 Å². The van der Waals surface area contributed by atoms with Crippen LogP contribution in [0.15, 0.2) is 27.4 Å². The Morgan fingerprint density at radius 2 is 1.86 bits per heavy atom. The van der Waals surface area contributed by atoms with Crippen LogP contribution in [-0.4, -0.2) is 14.5 Å². The molecule has 0 atom stereocenters. The Hall–Kier alpha value is -2.57. The van der Waals surface area contributed by atoms with Gasteiger partial charge >= 0.3 is 0 Å². The largest absolute Gasteiger partial charge is 0.417 e. The van der Waals surface area contributed by atoms with Crippen LogP contribution in [0.25, 0.3) is 22.7 Å². The Morgan fingerprint density at radius 3 is 2.64 bits per heavy atom. The molecule has 0 N–H and O–H groups in total. The van der Waals surface area contributed by atoms with E-state index >= 15 is 0 Å². The van der Waals surface area contributed by atoms with E-state index < -0.39 is 11.6 Å². The minimum Gasteiger partial charge on any atom is -0.417 e. The van der Waals surface area contributed by atoms with E-state index in [1.54, 1.807) is 4.57 Å². The minimum absolute atomic E-state index is 0.0130. The first kappa shape index (κ1) is 13.1. The zero-order chi connectivity index (χ0) is 15.3. The van der Waals surface area contributed by atoms with Crippen molar-refractivity contribution in [1.82, 2.24) is 14.5 Å². The van der Waals surface area contributed by atoms with E-state index in [4.69, 9.17) is 4.42 Å². The summed E-state index contributed by atoms with van der Waals surface area (Å²) in [6, 6.07) is 2.97. The van der Waals surface area contributed by atoms with Crippen LogP contribution in [0, 0.1) is 11.6 Å². The molecular formula is C15H11F2N3O2. The Labute approximate surface area is 123 Å². The summed E-state index contributed by atoms with van der Waals surface area (Å²) in [6.07, 6.45) is 2.59. The average Bonchev–Trinajstić information content (AvgIpc) is 2.91. The second-order valence-corrected chi connectivity index (χ2v) is 5.27. The molecule has 7 heteroatoms. The van der Waals surface area contributed by atoms with Gasteiger partial charge in [0, 0.05) is 24.6 Å². The highest BCUT2D eigenvalue weighted by Gasteiger charge is 2.20. The molecule has 22 heavy (non-hydrogen) atoms. The van der Waals surface area contributed by atoms with E-state index in [1.165, 1.54) is 0 Å². The lowest BCUT2D eigenvalue weighted by Gasteiger charge is -2.15. The van der Waals surface area contributed by atoms with E-state index in [1.807, 2.05) is 0 Å². The first-order valence-electron chi connectivity index (χ1n) is 6.98. The summed E-state index contributed by atoms with van der Waals surface area (Å²) in [5, 5.41) is 0. The van der Waals surface area contributed by atoms with Gasteiger partial charge < -0.3 is 4.42 Å². The van der Waals surface area contributed by atoms with Crippen LogP contribution in [0.2, 0.25) is 0 Å². The van der Waals surface area contributed by atoms with Gasteiger partial charge in [0.15, 0.2) is 5.52 Å². The summed E-state index contributed by atoms with van der Waals surface area (Å²) in [7, 11) is 0. The van der Waals surface area contributed by atoms with Crippen molar-refractivity contribution in [2.24, 2.45) is 0 Å². The molecule has 112 valence electrons. The fourth-order valence-corrected chi connectivity index (χ4v) is 2.73. The molecule has 0 amide bonds. The van der Waals surface area contributed by atoms with Gasteiger partial charge in [-0.25, -0.2) is 13.8 Å². The summed E-state index contributed by atoms with van der Waals surface area (Å²) in [4.78, 5) is 20.8. The van der Waals surface area contributed by atoms with Gasteiger partial charge in [0.05, 0.1) is 0 Å². The molecular weight excluding hydrogens is 292 g/mol. The lowest BCUT2D eigenvalue weighted by molar-refractivity contribution is 0.494. The molecule has 3 aromatic rings. The molecule has 0 fully saturated rings. The number of rotatable bonds is 1. The van der Waals surface area contributed by atoms with Crippen molar-refractivity contribution < 1.29 is 13.2 Å². The monoisotopic (exact) mass is 303 g/mol. The van der Waals surface area contributed by atoms with Gasteiger partial charge in [0.1, 0.15) is 17.5 Å². The molecule has 0 saturated carbocycles. The number of aryl methyl sites for hydroxylation is 1. The van der Waals surface area contributed by atoms with Gasteiger partial charge in [-0.2, -0.15) is 4.98 Å². The molecule has 1 aliphatic rings. The first-order valence-corrected chi connectivity index (χ1v) is 6.98. The molecule has 3 heterocycles. The van der Waals surface area contributed by atoms with Gasteiger partial charge in [0.2, 0.25) is 5.89 Å². The minimum atomic E-state index is -0.735. The predicted octanol–water partition coefficient (Wildman–Crippen LogP) is 2.67. The van der Waals surface area contributed by atoms with Gasteiger partial charge in [-0.3, -0.25) is 9.36 Å². The molecule has 0 spiro atoms. The summed E-state index contributed by atoms with van der Waals surface area (Å²) in [5.74, 6) is -0.819. The second kappa shape index (κ2) is 4.72. The highest BCUT2D eigenvalue weighted by molar-refractivity contribution is 5.71. The maximum absolute atomic E-state index is 13.3. The SMILES string of the molecule is O=c1c2nc(-c3cc(F)cc(F)c3)oc2nc2n1CCCC2. The molecule has 0 aliphatic carbocycles. The lowest BCUT2D eigenvalue weighted by atomic mass is 10.1. The fourth-order valence-electron chi connectivity index (χ4n) is 2.73. The summed E-state index contributed by atoms with van der Waals surface area (Å²) >= 11 is 0. The quantitative estimate of drug-likeness (QED) is 0.693. The number of hydrogen-bond acceptors (Lipinski definition) is 4. The molecule has 1 aromatic carbocycles. The smallest absolute Gasteiger partial charge is 0.283 e. The van der Waals surface area contributed by atoms with Crippen molar-refractivity contribution in [3.63, 3.8) is 0 Å². The van der Waals surface area contributed by atoms with Gasteiger partial charge in [-0.05, 0) is 25.0 Å². The third-order valence-electron chi connectivity index (χ3n) is 3.74. The fraction of sp³-hybridized carbons (Fsp3) is 0.267. The first-order chi connectivity index (χ1) is 10.6.